The summed E-state index contributed by atoms with van der Waals surface area (Å²) in [5, 5.41) is 3.74. The van der Waals surface area contributed by atoms with Gasteiger partial charge in [-0.3, -0.25) is 0 Å². The second-order valence-electron chi connectivity index (χ2n) is 5.81. The maximum Gasteiger partial charge on any atom is 0.00720 e. The smallest absolute Gasteiger partial charge is 0.00720 e. The van der Waals surface area contributed by atoms with Gasteiger partial charge >= 0.3 is 0 Å². The third-order valence-electron chi connectivity index (χ3n) is 2.90. The number of hydrogen-bond donors (Lipinski definition) is 1. The molecular weight excluding hydrogens is 170 g/mol. The normalized spacial score (nSPS) is 17.4. The summed E-state index contributed by atoms with van der Waals surface area (Å²) in [6.45, 7) is 10.6. The second kappa shape index (κ2) is 5.75. The van der Waals surface area contributed by atoms with Crippen LogP contribution in [0.2, 0.25) is 0 Å². The summed E-state index contributed by atoms with van der Waals surface area (Å²) in [4.78, 5) is 0. The third-order valence-corrected chi connectivity index (χ3v) is 2.90. The minimum absolute atomic E-state index is 0.760. The average Bonchev–Trinajstić information content (AvgIpc) is 2.80. The van der Waals surface area contributed by atoms with Crippen LogP contribution < -0.4 is 5.32 Å². The Morgan fingerprint density at radius 1 is 1.00 bits per heavy atom. The van der Waals surface area contributed by atoms with Crippen molar-refractivity contribution >= 4 is 0 Å². The molecule has 0 bridgehead atoms. The van der Waals surface area contributed by atoms with Crippen LogP contribution in [0.4, 0.5) is 0 Å². The predicted molar refractivity (Wildman–Crippen MR) is 63.4 cm³/mol. The van der Waals surface area contributed by atoms with Gasteiger partial charge in [-0.2, -0.15) is 0 Å². The van der Waals surface area contributed by atoms with E-state index in [1.165, 1.54) is 32.2 Å². The molecule has 0 heterocycles. The van der Waals surface area contributed by atoms with Crippen molar-refractivity contribution in [3.63, 3.8) is 0 Å². The van der Waals surface area contributed by atoms with E-state index in [-0.39, 0.29) is 0 Å². The Bertz CT molecular complexity index is 137. The summed E-state index contributed by atoms with van der Waals surface area (Å²) >= 11 is 0. The Morgan fingerprint density at radius 2 is 1.50 bits per heavy atom. The fourth-order valence-corrected chi connectivity index (χ4v) is 2.06. The highest BCUT2D eigenvalue weighted by Crippen LogP contribution is 2.28. The molecule has 1 aliphatic carbocycles. The molecule has 1 nitrogen and oxygen atoms in total. The van der Waals surface area contributed by atoms with Crippen molar-refractivity contribution < 1.29 is 0 Å². The number of hydrogen-bond acceptors (Lipinski definition) is 1. The van der Waals surface area contributed by atoms with Gasteiger partial charge in [0.2, 0.25) is 0 Å². The van der Waals surface area contributed by atoms with E-state index in [0.29, 0.717) is 0 Å². The number of nitrogens with one attached hydrogen (secondary N) is 1. The van der Waals surface area contributed by atoms with E-state index in [0.717, 1.165) is 23.8 Å². The molecule has 0 unspecified atom stereocenters. The van der Waals surface area contributed by atoms with Gasteiger partial charge in [0, 0.05) is 6.04 Å². The molecule has 0 aliphatic heterocycles. The molecule has 1 rings (SSSR count). The van der Waals surface area contributed by atoms with Crippen molar-refractivity contribution in [3.05, 3.63) is 0 Å². The van der Waals surface area contributed by atoms with Crippen molar-refractivity contribution in [1.82, 2.24) is 5.32 Å². The summed E-state index contributed by atoms with van der Waals surface area (Å²) in [5.41, 5.74) is 0. The summed E-state index contributed by atoms with van der Waals surface area (Å²) in [7, 11) is 0. The van der Waals surface area contributed by atoms with Gasteiger partial charge < -0.3 is 5.32 Å². The first-order chi connectivity index (χ1) is 6.58. The minimum atomic E-state index is 0.760. The van der Waals surface area contributed by atoms with Crippen molar-refractivity contribution in [1.29, 1.82) is 0 Å². The molecule has 0 saturated heterocycles. The van der Waals surface area contributed by atoms with Crippen molar-refractivity contribution in [3.8, 4) is 0 Å². The van der Waals surface area contributed by atoms with Crippen LogP contribution in [0.15, 0.2) is 0 Å². The van der Waals surface area contributed by atoms with Gasteiger partial charge in [-0.15, -0.1) is 0 Å². The first-order valence-electron chi connectivity index (χ1n) is 6.31. The molecule has 0 aromatic carbocycles. The average molecular weight is 197 g/mol. The molecule has 1 heteroatoms. The topological polar surface area (TPSA) is 12.0 Å². The van der Waals surface area contributed by atoms with Gasteiger partial charge in [0.15, 0.2) is 0 Å². The first kappa shape index (κ1) is 12.0. The highest BCUT2D eigenvalue weighted by molar-refractivity contribution is 4.79. The van der Waals surface area contributed by atoms with Crippen LogP contribution in [0.25, 0.3) is 0 Å². The molecule has 0 aromatic heterocycles. The third kappa shape index (κ3) is 5.64. The fourth-order valence-electron chi connectivity index (χ4n) is 2.06. The van der Waals surface area contributed by atoms with Crippen LogP contribution in [0, 0.1) is 17.8 Å². The minimum Gasteiger partial charge on any atom is -0.314 e. The molecule has 1 N–H and O–H groups in total. The van der Waals surface area contributed by atoms with Crippen LogP contribution in [0.1, 0.15) is 53.4 Å². The quantitative estimate of drug-likeness (QED) is 0.659. The molecular formula is C13H27N. The van der Waals surface area contributed by atoms with Crippen molar-refractivity contribution in [2.75, 3.05) is 6.54 Å². The van der Waals surface area contributed by atoms with E-state index in [9.17, 15) is 0 Å². The van der Waals surface area contributed by atoms with E-state index < -0.39 is 0 Å². The molecule has 0 atom stereocenters. The summed E-state index contributed by atoms with van der Waals surface area (Å²) in [5.74, 6) is 2.66. The van der Waals surface area contributed by atoms with E-state index >= 15 is 0 Å². The summed E-state index contributed by atoms with van der Waals surface area (Å²) < 4.78 is 0. The molecule has 0 spiro atoms. The maximum absolute atomic E-state index is 3.74. The molecule has 84 valence electrons. The van der Waals surface area contributed by atoms with Crippen molar-refractivity contribution in [2.24, 2.45) is 17.8 Å². The molecule has 0 radical (unpaired) electrons. The molecule has 0 amide bonds. The lowest BCUT2D eigenvalue weighted by molar-refractivity contribution is 0.356. The lowest BCUT2D eigenvalue weighted by atomic mass is 9.95. The van der Waals surface area contributed by atoms with E-state index in [1.807, 2.05) is 0 Å². The Hall–Kier alpha value is -0.0400. The van der Waals surface area contributed by atoms with Gasteiger partial charge in [0.05, 0.1) is 0 Å². The Labute approximate surface area is 89.7 Å². The Kier molecular flexibility index (Phi) is 4.94. The largest absolute Gasteiger partial charge is 0.314 e. The van der Waals surface area contributed by atoms with Crippen LogP contribution in [-0.4, -0.2) is 12.6 Å². The molecule has 14 heavy (non-hydrogen) atoms. The SMILES string of the molecule is CC(C)CC(CC(C)C)NCC1CC1. The lowest BCUT2D eigenvalue weighted by Crippen LogP contribution is -2.33. The van der Waals surface area contributed by atoms with Crippen LogP contribution in [0.3, 0.4) is 0 Å². The Balaban J connectivity index is 2.19. The van der Waals surface area contributed by atoms with Crippen LogP contribution >= 0.6 is 0 Å². The van der Waals surface area contributed by atoms with Gasteiger partial charge in [-0.1, -0.05) is 27.7 Å². The molecule has 1 fully saturated rings. The van der Waals surface area contributed by atoms with Gasteiger partial charge in [-0.25, -0.2) is 0 Å². The standard InChI is InChI=1S/C13H27N/c1-10(2)7-13(8-11(3)4)14-9-12-5-6-12/h10-14H,5-9H2,1-4H3. The zero-order chi connectivity index (χ0) is 10.6. The maximum atomic E-state index is 3.74. The molecule has 1 aliphatic rings. The predicted octanol–water partition coefficient (Wildman–Crippen LogP) is 3.45. The molecule has 0 aromatic rings. The van der Waals surface area contributed by atoms with Crippen LogP contribution in [0.5, 0.6) is 0 Å². The van der Waals surface area contributed by atoms with Gasteiger partial charge in [0.25, 0.3) is 0 Å². The lowest BCUT2D eigenvalue weighted by Gasteiger charge is -2.22. The van der Waals surface area contributed by atoms with Crippen LogP contribution in [-0.2, 0) is 0 Å². The first-order valence-corrected chi connectivity index (χ1v) is 6.31. The van der Waals surface area contributed by atoms with E-state index in [4.69, 9.17) is 0 Å². The summed E-state index contributed by atoms with van der Waals surface area (Å²) in [6, 6.07) is 0.760. The van der Waals surface area contributed by atoms with Gasteiger partial charge in [0.1, 0.15) is 0 Å². The second-order valence-corrected chi connectivity index (χ2v) is 5.81. The summed E-state index contributed by atoms with van der Waals surface area (Å²) in [6.07, 6.45) is 5.60. The highest BCUT2D eigenvalue weighted by atomic mass is 14.9. The fraction of sp³-hybridized carbons (Fsp3) is 1.00. The Morgan fingerprint density at radius 3 is 1.86 bits per heavy atom. The zero-order valence-corrected chi connectivity index (χ0v) is 10.3. The van der Waals surface area contributed by atoms with Crippen molar-refractivity contribution in [2.45, 2.75) is 59.4 Å². The van der Waals surface area contributed by atoms with E-state index in [1.54, 1.807) is 0 Å². The monoisotopic (exact) mass is 197 g/mol. The molecule has 1 saturated carbocycles. The highest BCUT2D eigenvalue weighted by Gasteiger charge is 2.22. The zero-order valence-electron chi connectivity index (χ0n) is 10.3. The van der Waals surface area contributed by atoms with Gasteiger partial charge in [-0.05, 0) is 50.0 Å². The van der Waals surface area contributed by atoms with E-state index in [2.05, 4.69) is 33.0 Å². The number of rotatable bonds is 7.